The van der Waals surface area contributed by atoms with Gasteiger partial charge in [-0.05, 0) is 45.2 Å². The SMILES string of the molecule is Cc1ccc2c(c1)CCCN2S(=O)(=O)C(C)C. The second-order valence-electron chi connectivity index (χ2n) is 4.90. The lowest BCUT2D eigenvalue weighted by atomic mass is 10.0. The molecule has 1 aliphatic heterocycles. The summed E-state index contributed by atoms with van der Waals surface area (Å²) in [7, 11) is -3.19. The van der Waals surface area contributed by atoms with Gasteiger partial charge in [0.25, 0.3) is 0 Å². The Balaban J connectivity index is 2.49. The molecule has 0 unspecified atom stereocenters. The van der Waals surface area contributed by atoms with Crippen molar-refractivity contribution in [3.8, 4) is 0 Å². The minimum absolute atomic E-state index is 0.366. The van der Waals surface area contributed by atoms with Gasteiger partial charge in [0.2, 0.25) is 10.0 Å². The van der Waals surface area contributed by atoms with Crippen LogP contribution in [0.25, 0.3) is 0 Å². The zero-order valence-electron chi connectivity index (χ0n) is 10.6. The first-order valence-corrected chi connectivity index (χ1v) is 7.54. The lowest BCUT2D eigenvalue weighted by molar-refractivity contribution is 0.578. The van der Waals surface area contributed by atoms with Crippen LogP contribution in [-0.2, 0) is 16.4 Å². The van der Waals surface area contributed by atoms with Crippen LogP contribution in [0.2, 0.25) is 0 Å². The highest BCUT2D eigenvalue weighted by molar-refractivity contribution is 7.93. The zero-order chi connectivity index (χ0) is 12.6. The first-order valence-electron chi connectivity index (χ1n) is 6.04. The fourth-order valence-electron chi connectivity index (χ4n) is 2.21. The molecule has 0 saturated heterocycles. The van der Waals surface area contributed by atoms with E-state index in [4.69, 9.17) is 0 Å². The average molecular weight is 253 g/mol. The zero-order valence-corrected chi connectivity index (χ0v) is 11.4. The number of fused-ring (bicyclic) bond motifs is 1. The van der Waals surface area contributed by atoms with E-state index in [1.807, 2.05) is 19.1 Å². The van der Waals surface area contributed by atoms with Crippen molar-refractivity contribution in [1.29, 1.82) is 0 Å². The predicted octanol–water partition coefficient (Wildman–Crippen LogP) is 2.49. The Morgan fingerprint density at radius 3 is 2.65 bits per heavy atom. The highest BCUT2D eigenvalue weighted by Crippen LogP contribution is 2.31. The van der Waals surface area contributed by atoms with Gasteiger partial charge in [0.1, 0.15) is 0 Å². The molecular weight excluding hydrogens is 234 g/mol. The molecule has 1 aromatic carbocycles. The van der Waals surface area contributed by atoms with Gasteiger partial charge < -0.3 is 0 Å². The summed E-state index contributed by atoms with van der Waals surface area (Å²) in [5.74, 6) is 0. The van der Waals surface area contributed by atoms with Gasteiger partial charge in [-0.15, -0.1) is 0 Å². The van der Waals surface area contributed by atoms with Crippen molar-refractivity contribution >= 4 is 15.7 Å². The van der Waals surface area contributed by atoms with Gasteiger partial charge in [0.05, 0.1) is 10.9 Å². The van der Waals surface area contributed by atoms with E-state index in [2.05, 4.69) is 6.07 Å². The number of sulfonamides is 1. The molecule has 17 heavy (non-hydrogen) atoms. The number of hydrogen-bond acceptors (Lipinski definition) is 2. The van der Waals surface area contributed by atoms with Crippen LogP contribution in [0.4, 0.5) is 5.69 Å². The Labute approximate surface area is 104 Å². The largest absolute Gasteiger partial charge is 0.270 e. The van der Waals surface area contributed by atoms with Crippen molar-refractivity contribution < 1.29 is 8.42 Å². The number of anilines is 1. The van der Waals surface area contributed by atoms with Gasteiger partial charge in [0.15, 0.2) is 0 Å². The minimum Gasteiger partial charge on any atom is -0.270 e. The molecule has 0 aromatic heterocycles. The Morgan fingerprint density at radius 2 is 2.00 bits per heavy atom. The third kappa shape index (κ3) is 2.18. The molecule has 4 heteroatoms. The van der Waals surface area contributed by atoms with E-state index in [-0.39, 0.29) is 5.25 Å². The van der Waals surface area contributed by atoms with Crippen LogP contribution in [0, 0.1) is 6.92 Å². The molecule has 0 saturated carbocycles. The molecule has 1 aromatic rings. The fraction of sp³-hybridized carbons (Fsp3) is 0.538. The van der Waals surface area contributed by atoms with E-state index in [0.29, 0.717) is 6.54 Å². The van der Waals surface area contributed by atoms with Crippen LogP contribution >= 0.6 is 0 Å². The maximum Gasteiger partial charge on any atom is 0.237 e. The second kappa shape index (κ2) is 4.33. The number of aryl methyl sites for hydroxylation is 2. The molecule has 1 aliphatic rings. The topological polar surface area (TPSA) is 37.4 Å². The molecule has 0 spiro atoms. The first kappa shape index (κ1) is 12.4. The molecular formula is C13H19NO2S. The standard InChI is InChI=1S/C13H19NO2S/c1-10(2)17(15,16)14-8-4-5-12-9-11(3)6-7-13(12)14/h6-7,9-10H,4-5,8H2,1-3H3. The normalized spacial score (nSPS) is 16.1. The molecule has 2 rings (SSSR count). The van der Waals surface area contributed by atoms with E-state index >= 15 is 0 Å². The lowest BCUT2D eigenvalue weighted by Gasteiger charge is -2.32. The molecule has 1 heterocycles. The number of rotatable bonds is 2. The average Bonchev–Trinajstić information content (AvgIpc) is 2.27. The van der Waals surface area contributed by atoms with Crippen molar-refractivity contribution in [3.63, 3.8) is 0 Å². The summed E-state index contributed by atoms with van der Waals surface area (Å²) in [6.07, 6.45) is 1.88. The van der Waals surface area contributed by atoms with Crippen LogP contribution in [0.15, 0.2) is 18.2 Å². The van der Waals surface area contributed by atoms with Crippen LogP contribution in [0.3, 0.4) is 0 Å². The van der Waals surface area contributed by atoms with E-state index in [1.165, 1.54) is 5.56 Å². The minimum atomic E-state index is -3.19. The van der Waals surface area contributed by atoms with Crippen molar-refractivity contribution in [2.75, 3.05) is 10.8 Å². The summed E-state index contributed by atoms with van der Waals surface area (Å²) < 4.78 is 26.1. The number of hydrogen-bond donors (Lipinski definition) is 0. The Morgan fingerprint density at radius 1 is 1.29 bits per heavy atom. The number of benzene rings is 1. The quantitative estimate of drug-likeness (QED) is 0.812. The van der Waals surface area contributed by atoms with Crippen molar-refractivity contribution in [2.24, 2.45) is 0 Å². The Hall–Kier alpha value is -1.03. The van der Waals surface area contributed by atoms with Crippen molar-refractivity contribution in [1.82, 2.24) is 0 Å². The summed E-state index contributed by atoms with van der Waals surface area (Å²) in [6, 6.07) is 6.01. The van der Waals surface area contributed by atoms with Gasteiger partial charge >= 0.3 is 0 Å². The summed E-state index contributed by atoms with van der Waals surface area (Å²) in [5, 5.41) is -0.366. The van der Waals surface area contributed by atoms with Crippen LogP contribution in [0.5, 0.6) is 0 Å². The summed E-state index contributed by atoms with van der Waals surface area (Å²) in [4.78, 5) is 0. The van der Waals surface area contributed by atoms with Crippen molar-refractivity contribution in [3.05, 3.63) is 29.3 Å². The number of nitrogens with zero attached hydrogens (tertiary/aromatic N) is 1. The molecule has 3 nitrogen and oxygen atoms in total. The van der Waals surface area contributed by atoms with E-state index in [9.17, 15) is 8.42 Å². The summed E-state index contributed by atoms with van der Waals surface area (Å²) in [5.41, 5.74) is 3.21. The van der Waals surface area contributed by atoms with Crippen molar-refractivity contribution in [2.45, 2.75) is 38.9 Å². The molecule has 94 valence electrons. The van der Waals surface area contributed by atoms with E-state index in [1.54, 1.807) is 18.2 Å². The van der Waals surface area contributed by atoms with Gasteiger partial charge in [-0.25, -0.2) is 8.42 Å². The Kier molecular flexibility index (Phi) is 3.17. The second-order valence-corrected chi connectivity index (χ2v) is 7.32. The van der Waals surface area contributed by atoms with Gasteiger partial charge in [0, 0.05) is 6.54 Å². The van der Waals surface area contributed by atoms with Gasteiger partial charge in [-0.3, -0.25) is 4.31 Å². The fourth-order valence-corrected chi connectivity index (χ4v) is 3.56. The maximum absolute atomic E-state index is 12.3. The lowest BCUT2D eigenvalue weighted by Crippen LogP contribution is -2.39. The molecule has 0 radical (unpaired) electrons. The third-order valence-corrected chi connectivity index (χ3v) is 5.40. The molecule has 0 amide bonds. The van der Waals surface area contributed by atoms with Crippen LogP contribution in [-0.4, -0.2) is 20.2 Å². The van der Waals surface area contributed by atoms with Gasteiger partial charge in [-0.1, -0.05) is 17.7 Å². The first-order chi connectivity index (χ1) is 7.93. The van der Waals surface area contributed by atoms with E-state index in [0.717, 1.165) is 24.1 Å². The molecule has 0 aliphatic carbocycles. The predicted molar refractivity (Wildman–Crippen MR) is 70.9 cm³/mol. The smallest absolute Gasteiger partial charge is 0.237 e. The van der Waals surface area contributed by atoms with Gasteiger partial charge in [-0.2, -0.15) is 0 Å². The van der Waals surface area contributed by atoms with Crippen LogP contribution in [0.1, 0.15) is 31.4 Å². The summed E-state index contributed by atoms with van der Waals surface area (Å²) in [6.45, 7) is 6.11. The molecule has 0 N–H and O–H groups in total. The highest BCUT2D eigenvalue weighted by atomic mass is 32.2. The summed E-state index contributed by atoms with van der Waals surface area (Å²) >= 11 is 0. The monoisotopic (exact) mass is 253 g/mol. The highest BCUT2D eigenvalue weighted by Gasteiger charge is 2.29. The molecule has 0 fully saturated rings. The maximum atomic E-state index is 12.3. The molecule has 0 atom stereocenters. The van der Waals surface area contributed by atoms with E-state index < -0.39 is 10.0 Å². The van der Waals surface area contributed by atoms with Crippen LogP contribution < -0.4 is 4.31 Å². The molecule has 0 bridgehead atoms. The Bertz CT molecular complexity index is 520. The third-order valence-electron chi connectivity index (χ3n) is 3.21.